The van der Waals surface area contributed by atoms with E-state index in [0.717, 1.165) is 12.8 Å². The van der Waals surface area contributed by atoms with Crippen molar-refractivity contribution in [3.8, 4) is 0 Å². The lowest BCUT2D eigenvalue weighted by Gasteiger charge is -2.30. The van der Waals surface area contributed by atoms with Crippen LogP contribution in [0, 0.1) is 11.8 Å². The molecule has 1 aliphatic rings. The van der Waals surface area contributed by atoms with Crippen molar-refractivity contribution in [1.82, 2.24) is 15.1 Å². The van der Waals surface area contributed by atoms with Crippen molar-refractivity contribution in [2.45, 2.75) is 25.7 Å². The van der Waals surface area contributed by atoms with Gasteiger partial charge in [0.1, 0.15) is 5.69 Å². The summed E-state index contributed by atoms with van der Waals surface area (Å²) >= 11 is 0. The van der Waals surface area contributed by atoms with Gasteiger partial charge in [-0.05, 0) is 30.7 Å². The molecule has 5 nitrogen and oxygen atoms in total. The molecule has 1 heterocycles. The van der Waals surface area contributed by atoms with Crippen LogP contribution in [0.25, 0.3) is 0 Å². The smallest absolute Gasteiger partial charge is 0.269 e. The molecular formula is C13H21N3O2. The zero-order chi connectivity index (χ0) is 13.0. The van der Waals surface area contributed by atoms with Gasteiger partial charge < -0.3 is 10.4 Å². The van der Waals surface area contributed by atoms with Gasteiger partial charge in [0.15, 0.2) is 0 Å². The molecule has 5 heteroatoms. The zero-order valence-electron chi connectivity index (χ0n) is 10.8. The van der Waals surface area contributed by atoms with Gasteiger partial charge in [0.05, 0.1) is 0 Å². The maximum atomic E-state index is 11.9. The average Bonchev–Trinajstić information content (AvgIpc) is 2.82. The van der Waals surface area contributed by atoms with Crippen LogP contribution in [0.1, 0.15) is 36.2 Å². The van der Waals surface area contributed by atoms with Crippen LogP contribution in [0.4, 0.5) is 0 Å². The van der Waals surface area contributed by atoms with Crippen LogP contribution in [0.5, 0.6) is 0 Å². The van der Waals surface area contributed by atoms with E-state index in [2.05, 4.69) is 10.4 Å². The standard InChI is InChI=1S/C13H21N3O2/c1-16-12(6-7-15-16)13(18)14-8-10-4-2-3-5-11(10)9-17/h6-7,10-11,17H,2-5,8-9H2,1H3,(H,14,18). The van der Waals surface area contributed by atoms with Crippen LogP contribution in [-0.4, -0.2) is 33.9 Å². The van der Waals surface area contributed by atoms with Gasteiger partial charge in [-0.1, -0.05) is 12.8 Å². The maximum absolute atomic E-state index is 11.9. The number of nitrogens with zero attached hydrogens (tertiary/aromatic N) is 2. The maximum Gasteiger partial charge on any atom is 0.269 e. The Bertz CT molecular complexity index is 403. The third kappa shape index (κ3) is 2.90. The normalized spacial score (nSPS) is 23.9. The van der Waals surface area contributed by atoms with Gasteiger partial charge in [-0.2, -0.15) is 5.10 Å². The first-order valence-corrected chi connectivity index (χ1v) is 6.59. The van der Waals surface area contributed by atoms with Crippen molar-refractivity contribution < 1.29 is 9.90 Å². The number of hydrogen-bond donors (Lipinski definition) is 2. The minimum atomic E-state index is -0.0859. The molecule has 1 saturated carbocycles. The van der Waals surface area contributed by atoms with Crippen LogP contribution in [0.3, 0.4) is 0 Å². The highest BCUT2D eigenvalue weighted by Gasteiger charge is 2.25. The molecule has 1 aliphatic carbocycles. The van der Waals surface area contributed by atoms with Gasteiger partial charge in [-0.15, -0.1) is 0 Å². The number of aliphatic hydroxyl groups excluding tert-OH is 1. The van der Waals surface area contributed by atoms with Crippen LogP contribution in [0.2, 0.25) is 0 Å². The van der Waals surface area contributed by atoms with E-state index in [1.807, 2.05) is 0 Å². The van der Waals surface area contributed by atoms with E-state index in [1.54, 1.807) is 24.0 Å². The van der Waals surface area contributed by atoms with E-state index < -0.39 is 0 Å². The first kappa shape index (κ1) is 13.1. The van der Waals surface area contributed by atoms with E-state index in [1.165, 1.54) is 12.8 Å². The zero-order valence-corrected chi connectivity index (χ0v) is 10.8. The first-order chi connectivity index (χ1) is 8.72. The number of aromatic nitrogens is 2. The summed E-state index contributed by atoms with van der Waals surface area (Å²) in [6, 6.07) is 1.71. The predicted molar refractivity (Wildman–Crippen MR) is 68.1 cm³/mol. The van der Waals surface area contributed by atoms with Crippen molar-refractivity contribution in [2.75, 3.05) is 13.2 Å². The molecule has 0 radical (unpaired) electrons. The lowest BCUT2D eigenvalue weighted by molar-refractivity contribution is 0.0900. The van der Waals surface area contributed by atoms with Gasteiger partial charge in [-0.25, -0.2) is 0 Å². The van der Waals surface area contributed by atoms with Crippen LogP contribution in [0.15, 0.2) is 12.3 Å². The van der Waals surface area contributed by atoms with E-state index in [4.69, 9.17) is 0 Å². The van der Waals surface area contributed by atoms with Gasteiger partial charge >= 0.3 is 0 Å². The Hall–Kier alpha value is -1.36. The Kier molecular flexibility index (Phi) is 4.36. The quantitative estimate of drug-likeness (QED) is 0.837. The second kappa shape index (κ2) is 6.00. The molecule has 0 saturated heterocycles. The highest BCUT2D eigenvalue weighted by atomic mass is 16.3. The second-order valence-corrected chi connectivity index (χ2v) is 5.04. The van der Waals surface area contributed by atoms with Gasteiger partial charge in [0.25, 0.3) is 5.91 Å². The summed E-state index contributed by atoms with van der Waals surface area (Å²) in [7, 11) is 1.76. The molecule has 0 bridgehead atoms. The van der Waals surface area contributed by atoms with Gasteiger partial charge in [0.2, 0.25) is 0 Å². The van der Waals surface area contributed by atoms with Crippen molar-refractivity contribution in [3.05, 3.63) is 18.0 Å². The molecule has 0 aliphatic heterocycles. The van der Waals surface area contributed by atoms with E-state index >= 15 is 0 Å². The Balaban J connectivity index is 1.87. The molecule has 1 aromatic heterocycles. The summed E-state index contributed by atoms with van der Waals surface area (Å²) in [4.78, 5) is 11.9. The van der Waals surface area contributed by atoms with Crippen molar-refractivity contribution in [3.63, 3.8) is 0 Å². The molecule has 1 aromatic rings. The Morgan fingerprint density at radius 1 is 1.50 bits per heavy atom. The topological polar surface area (TPSA) is 67.2 Å². The minimum Gasteiger partial charge on any atom is -0.396 e. The number of nitrogens with one attached hydrogen (secondary N) is 1. The SMILES string of the molecule is Cn1nccc1C(=O)NCC1CCCCC1CO. The second-order valence-electron chi connectivity index (χ2n) is 5.04. The molecule has 0 spiro atoms. The molecular weight excluding hydrogens is 230 g/mol. The fourth-order valence-electron chi connectivity index (χ4n) is 2.70. The first-order valence-electron chi connectivity index (χ1n) is 6.59. The predicted octanol–water partition coefficient (Wildman–Crippen LogP) is 0.949. The molecule has 100 valence electrons. The van der Waals surface area contributed by atoms with Crippen molar-refractivity contribution >= 4 is 5.91 Å². The molecule has 18 heavy (non-hydrogen) atoms. The summed E-state index contributed by atoms with van der Waals surface area (Å²) in [5, 5.41) is 16.3. The summed E-state index contributed by atoms with van der Waals surface area (Å²) in [5.74, 6) is 0.656. The molecule has 1 amide bonds. The third-order valence-corrected chi connectivity index (χ3v) is 3.88. The summed E-state index contributed by atoms with van der Waals surface area (Å²) < 4.78 is 1.57. The molecule has 2 N–H and O–H groups in total. The number of aliphatic hydroxyl groups is 1. The Morgan fingerprint density at radius 2 is 2.22 bits per heavy atom. The molecule has 2 unspecified atom stereocenters. The lowest BCUT2D eigenvalue weighted by atomic mass is 9.79. The number of hydrogen-bond acceptors (Lipinski definition) is 3. The van der Waals surface area contributed by atoms with Crippen molar-refractivity contribution in [2.24, 2.45) is 18.9 Å². The number of rotatable bonds is 4. The number of amides is 1. The average molecular weight is 251 g/mol. The highest BCUT2D eigenvalue weighted by Crippen LogP contribution is 2.29. The van der Waals surface area contributed by atoms with E-state index in [0.29, 0.717) is 24.1 Å². The van der Waals surface area contributed by atoms with Gasteiger partial charge in [-0.3, -0.25) is 9.48 Å². The lowest BCUT2D eigenvalue weighted by Crippen LogP contribution is -2.36. The van der Waals surface area contributed by atoms with Crippen LogP contribution < -0.4 is 5.32 Å². The monoisotopic (exact) mass is 251 g/mol. The van der Waals surface area contributed by atoms with Crippen molar-refractivity contribution in [1.29, 1.82) is 0 Å². The fourth-order valence-corrected chi connectivity index (χ4v) is 2.70. The Labute approximate surface area is 107 Å². The van der Waals surface area contributed by atoms with E-state index in [-0.39, 0.29) is 12.5 Å². The fraction of sp³-hybridized carbons (Fsp3) is 0.692. The summed E-state index contributed by atoms with van der Waals surface area (Å²) in [6.07, 6.45) is 6.17. The van der Waals surface area contributed by atoms with Crippen LogP contribution in [-0.2, 0) is 7.05 Å². The summed E-state index contributed by atoms with van der Waals surface area (Å²) in [5.41, 5.74) is 0.575. The molecule has 0 aromatic carbocycles. The largest absolute Gasteiger partial charge is 0.396 e. The molecule has 2 atom stereocenters. The molecule has 2 rings (SSSR count). The minimum absolute atomic E-state index is 0.0859. The number of aryl methyl sites for hydroxylation is 1. The van der Waals surface area contributed by atoms with Gasteiger partial charge in [0, 0.05) is 26.4 Å². The number of carbonyl (C=O) groups excluding carboxylic acids is 1. The Morgan fingerprint density at radius 3 is 2.83 bits per heavy atom. The molecule has 1 fully saturated rings. The number of carbonyl (C=O) groups is 1. The summed E-state index contributed by atoms with van der Waals surface area (Å²) in [6.45, 7) is 0.876. The van der Waals surface area contributed by atoms with Crippen LogP contribution >= 0.6 is 0 Å². The third-order valence-electron chi connectivity index (χ3n) is 3.88. The highest BCUT2D eigenvalue weighted by molar-refractivity contribution is 5.92. The van der Waals surface area contributed by atoms with E-state index in [9.17, 15) is 9.90 Å².